The zero-order valence-electron chi connectivity index (χ0n) is 16.1. The molecule has 0 radical (unpaired) electrons. The van der Waals surface area contributed by atoms with Crippen LogP contribution in [-0.2, 0) is 4.74 Å². The van der Waals surface area contributed by atoms with Crippen LogP contribution in [0.15, 0.2) is 24.3 Å². The molecule has 3 rings (SSSR count). The number of ketones is 1. The lowest BCUT2D eigenvalue weighted by atomic mass is 9.95. The van der Waals surface area contributed by atoms with Crippen LogP contribution in [0.25, 0.3) is 0 Å². The summed E-state index contributed by atoms with van der Waals surface area (Å²) in [6.07, 6.45) is 2.71. The summed E-state index contributed by atoms with van der Waals surface area (Å²) in [5.41, 5.74) is 1.32. The van der Waals surface area contributed by atoms with E-state index in [1.807, 2.05) is 4.90 Å². The van der Waals surface area contributed by atoms with Gasteiger partial charge >= 0.3 is 0 Å². The Morgan fingerprint density at radius 2 is 1.54 bits per heavy atom. The minimum Gasteiger partial charge on any atom is -0.373 e. The minimum atomic E-state index is 0.0246. The van der Waals surface area contributed by atoms with E-state index in [2.05, 4.69) is 18.7 Å². The van der Waals surface area contributed by atoms with Gasteiger partial charge in [0, 0.05) is 43.9 Å². The van der Waals surface area contributed by atoms with Crippen molar-refractivity contribution in [3.63, 3.8) is 0 Å². The fourth-order valence-electron chi connectivity index (χ4n) is 4.15. The van der Waals surface area contributed by atoms with Crippen LogP contribution in [0.5, 0.6) is 0 Å². The number of hydrogen-bond donors (Lipinski definition) is 0. The maximum absolute atomic E-state index is 12.7. The number of piperidine rings is 1. The van der Waals surface area contributed by atoms with Crippen molar-refractivity contribution in [2.24, 2.45) is 5.92 Å². The number of benzene rings is 1. The fraction of sp³-hybridized carbons (Fsp3) is 0.619. The predicted octanol–water partition coefficient (Wildman–Crippen LogP) is 2.85. The molecule has 26 heavy (non-hydrogen) atoms. The molecule has 2 saturated heterocycles. The van der Waals surface area contributed by atoms with Crippen LogP contribution >= 0.6 is 0 Å². The molecule has 2 aliphatic rings. The van der Waals surface area contributed by atoms with Gasteiger partial charge in [-0.25, -0.2) is 0 Å². The molecule has 2 fully saturated rings. The lowest BCUT2D eigenvalue weighted by Crippen LogP contribution is -2.48. The van der Waals surface area contributed by atoms with Crippen LogP contribution in [0, 0.1) is 5.92 Å². The van der Waals surface area contributed by atoms with Crippen molar-refractivity contribution in [1.82, 2.24) is 9.80 Å². The third-order valence-electron chi connectivity index (χ3n) is 5.45. The highest BCUT2D eigenvalue weighted by Gasteiger charge is 2.28. The van der Waals surface area contributed by atoms with Gasteiger partial charge in [-0.15, -0.1) is 0 Å². The first-order valence-electron chi connectivity index (χ1n) is 9.70. The van der Waals surface area contributed by atoms with Gasteiger partial charge in [0.2, 0.25) is 0 Å². The highest BCUT2D eigenvalue weighted by atomic mass is 16.5. The lowest BCUT2D eigenvalue weighted by molar-refractivity contribution is -0.0728. The first kappa shape index (κ1) is 19.1. The van der Waals surface area contributed by atoms with E-state index in [0.717, 1.165) is 45.6 Å². The normalized spacial score (nSPS) is 25.3. The maximum Gasteiger partial charge on any atom is 0.253 e. The Labute approximate surface area is 156 Å². The van der Waals surface area contributed by atoms with E-state index in [9.17, 15) is 9.59 Å². The summed E-state index contributed by atoms with van der Waals surface area (Å²) in [4.78, 5) is 28.5. The number of ether oxygens (including phenoxy) is 1. The highest BCUT2D eigenvalue weighted by molar-refractivity contribution is 5.97. The van der Waals surface area contributed by atoms with Crippen molar-refractivity contribution in [3.8, 4) is 0 Å². The van der Waals surface area contributed by atoms with Crippen molar-refractivity contribution in [2.45, 2.75) is 45.8 Å². The Kier molecular flexibility index (Phi) is 6.09. The monoisotopic (exact) mass is 358 g/mol. The molecule has 0 N–H and O–H groups in total. The van der Waals surface area contributed by atoms with E-state index in [1.165, 1.54) is 6.92 Å². The van der Waals surface area contributed by atoms with Crippen molar-refractivity contribution in [2.75, 3.05) is 32.7 Å². The Hall–Kier alpha value is -1.72. The average molecular weight is 358 g/mol. The molecule has 2 heterocycles. The third kappa shape index (κ3) is 4.71. The van der Waals surface area contributed by atoms with E-state index < -0.39 is 0 Å². The SMILES string of the molecule is CC(=O)c1ccc(C(=O)N2CCC(CN3CC(C)OC(C)C3)CC2)cc1. The Morgan fingerprint density at radius 3 is 2.08 bits per heavy atom. The van der Waals surface area contributed by atoms with E-state index in [4.69, 9.17) is 4.74 Å². The fourth-order valence-corrected chi connectivity index (χ4v) is 4.15. The van der Waals surface area contributed by atoms with Gasteiger partial charge in [-0.05, 0) is 51.7 Å². The molecule has 0 aliphatic carbocycles. The van der Waals surface area contributed by atoms with Crippen molar-refractivity contribution in [1.29, 1.82) is 0 Å². The molecular formula is C21H30N2O3. The molecular weight excluding hydrogens is 328 g/mol. The van der Waals surface area contributed by atoms with Gasteiger partial charge in [0.1, 0.15) is 0 Å². The van der Waals surface area contributed by atoms with Crippen LogP contribution < -0.4 is 0 Å². The minimum absolute atomic E-state index is 0.0246. The Bertz CT molecular complexity index is 625. The summed E-state index contributed by atoms with van der Waals surface area (Å²) < 4.78 is 5.81. The number of amides is 1. The molecule has 2 unspecified atom stereocenters. The second-order valence-electron chi connectivity index (χ2n) is 7.84. The first-order chi connectivity index (χ1) is 12.4. The van der Waals surface area contributed by atoms with Gasteiger partial charge in [-0.1, -0.05) is 12.1 Å². The molecule has 142 valence electrons. The van der Waals surface area contributed by atoms with Gasteiger partial charge in [0.15, 0.2) is 5.78 Å². The first-order valence-corrected chi connectivity index (χ1v) is 9.70. The molecule has 5 heteroatoms. The summed E-state index contributed by atoms with van der Waals surface area (Å²) in [6, 6.07) is 7.01. The standard InChI is InChI=1S/C21H30N2O3/c1-15-12-22(13-16(2)26-15)14-18-8-10-23(11-9-18)21(25)20-6-4-19(5-7-20)17(3)24/h4-7,15-16,18H,8-14H2,1-3H3. The summed E-state index contributed by atoms with van der Waals surface area (Å²) in [7, 11) is 0. The maximum atomic E-state index is 12.7. The smallest absolute Gasteiger partial charge is 0.253 e. The molecule has 2 aliphatic heterocycles. The molecule has 0 bridgehead atoms. The summed E-state index contributed by atoms with van der Waals surface area (Å²) in [6.45, 7) is 10.6. The molecule has 5 nitrogen and oxygen atoms in total. The van der Waals surface area contributed by atoms with Crippen LogP contribution in [0.2, 0.25) is 0 Å². The largest absolute Gasteiger partial charge is 0.373 e. The second kappa shape index (κ2) is 8.31. The number of Topliss-reactive ketones (excluding diaryl/α,β-unsaturated/α-hetero) is 1. The van der Waals surface area contributed by atoms with Crippen LogP contribution in [-0.4, -0.2) is 66.4 Å². The summed E-state index contributed by atoms with van der Waals surface area (Å²) in [5.74, 6) is 0.750. The van der Waals surface area contributed by atoms with E-state index >= 15 is 0 Å². The van der Waals surface area contributed by atoms with Gasteiger partial charge in [0.05, 0.1) is 12.2 Å². The molecule has 0 saturated carbocycles. The Morgan fingerprint density at radius 1 is 1.00 bits per heavy atom. The number of carbonyl (C=O) groups is 2. The van der Waals surface area contributed by atoms with Gasteiger partial charge < -0.3 is 9.64 Å². The second-order valence-corrected chi connectivity index (χ2v) is 7.84. The number of nitrogens with zero attached hydrogens (tertiary/aromatic N) is 2. The molecule has 1 aromatic carbocycles. The van der Waals surface area contributed by atoms with Gasteiger partial charge in [-0.2, -0.15) is 0 Å². The zero-order valence-corrected chi connectivity index (χ0v) is 16.1. The molecule has 1 amide bonds. The lowest BCUT2D eigenvalue weighted by Gasteiger charge is -2.39. The quantitative estimate of drug-likeness (QED) is 0.777. The van der Waals surface area contributed by atoms with Crippen LogP contribution in [0.1, 0.15) is 54.3 Å². The van der Waals surface area contributed by atoms with Gasteiger partial charge in [0.25, 0.3) is 5.91 Å². The van der Waals surface area contributed by atoms with Crippen LogP contribution in [0.3, 0.4) is 0 Å². The van der Waals surface area contributed by atoms with E-state index in [1.54, 1.807) is 24.3 Å². The number of morpholine rings is 1. The Balaban J connectivity index is 1.50. The van der Waals surface area contributed by atoms with Crippen LogP contribution in [0.4, 0.5) is 0 Å². The molecule has 1 aromatic rings. The summed E-state index contributed by atoms with van der Waals surface area (Å²) in [5, 5.41) is 0. The molecule has 2 atom stereocenters. The van der Waals surface area contributed by atoms with Crippen molar-refractivity contribution < 1.29 is 14.3 Å². The van der Waals surface area contributed by atoms with Crippen molar-refractivity contribution >= 4 is 11.7 Å². The van der Waals surface area contributed by atoms with E-state index in [-0.39, 0.29) is 11.7 Å². The summed E-state index contributed by atoms with van der Waals surface area (Å²) >= 11 is 0. The number of rotatable bonds is 4. The number of hydrogen-bond acceptors (Lipinski definition) is 4. The van der Waals surface area contributed by atoms with E-state index in [0.29, 0.717) is 29.3 Å². The molecule has 0 aromatic heterocycles. The van der Waals surface area contributed by atoms with Gasteiger partial charge in [-0.3, -0.25) is 14.5 Å². The predicted molar refractivity (Wildman–Crippen MR) is 102 cm³/mol. The molecule has 0 spiro atoms. The highest BCUT2D eigenvalue weighted by Crippen LogP contribution is 2.22. The topological polar surface area (TPSA) is 49.9 Å². The zero-order chi connectivity index (χ0) is 18.7. The average Bonchev–Trinajstić information content (AvgIpc) is 2.61. The van der Waals surface area contributed by atoms with Crippen molar-refractivity contribution in [3.05, 3.63) is 35.4 Å². The third-order valence-corrected chi connectivity index (χ3v) is 5.45. The number of carbonyl (C=O) groups excluding carboxylic acids is 2. The number of likely N-dealkylation sites (tertiary alicyclic amines) is 1.